The first-order valence-corrected chi connectivity index (χ1v) is 9.18. The quantitative estimate of drug-likeness (QED) is 0.672. The molecule has 0 heterocycles. The molecule has 1 unspecified atom stereocenters. The molecule has 0 amide bonds. The summed E-state index contributed by atoms with van der Waals surface area (Å²) in [6, 6.07) is 14.6. The van der Waals surface area contributed by atoms with Gasteiger partial charge in [0.05, 0.1) is 19.2 Å². The molecule has 0 bridgehead atoms. The summed E-state index contributed by atoms with van der Waals surface area (Å²) >= 11 is 6.27. The zero-order valence-corrected chi connectivity index (χ0v) is 17.0. The molecule has 0 radical (unpaired) electrons. The molecule has 0 aromatic heterocycles. The van der Waals surface area contributed by atoms with E-state index in [1.165, 1.54) is 5.56 Å². The highest BCUT2D eigenvalue weighted by molar-refractivity contribution is 6.32. The Balaban J connectivity index is 1.93. The van der Waals surface area contributed by atoms with Gasteiger partial charge in [-0.25, -0.2) is 0 Å². The third-order valence-electron chi connectivity index (χ3n) is 4.30. The maximum Gasteiger partial charge on any atom is 0.179 e. The molecule has 2 aromatic carbocycles. The molecule has 1 atom stereocenters. The van der Waals surface area contributed by atoms with Crippen molar-refractivity contribution in [3.63, 3.8) is 0 Å². The van der Waals surface area contributed by atoms with Gasteiger partial charge in [0.15, 0.2) is 11.5 Å². The summed E-state index contributed by atoms with van der Waals surface area (Å²) in [5.41, 5.74) is 2.28. The number of rotatable bonds is 9. The van der Waals surface area contributed by atoms with Crippen LogP contribution in [0.3, 0.4) is 0 Å². The lowest BCUT2D eigenvalue weighted by molar-refractivity contribution is 0.329. The summed E-state index contributed by atoms with van der Waals surface area (Å²) in [5, 5.41) is 7.73. The fourth-order valence-electron chi connectivity index (χ4n) is 3.05. The number of methoxy groups -OCH3 is 2. The number of nitrogens with one attached hydrogen (secondary N) is 2. The smallest absolute Gasteiger partial charge is 0.179 e. The van der Waals surface area contributed by atoms with Crippen LogP contribution in [0.2, 0.25) is 5.02 Å². The van der Waals surface area contributed by atoms with Crippen molar-refractivity contribution in [2.24, 2.45) is 0 Å². The van der Waals surface area contributed by atoms with Crippen LogP contribution in [-0.4, -0.2) is 26.3 Å². The van der Waals surface area contributed by atoms with E-state index in [0.29, 0.717) is 23.1 Å². The van der Waals surface area contributed by atoms with Crippen molar-refractivity contribution in [2.45, 2.75) is 38.9 Å². The van der Waals surface area contributed by atoms with Crippen LogP contribution < -0.4 is 20.1 Å². The van der Waals surface area contributed by atoms with E-state index >= 15 is 0 Å². The van der Waals surface area contributed by atoms with Crippen molar-refractivity contribution >= 4 is 11.6 Å². The number of hydrogen-bond donors (Lipinski definition) is 2. The van der Waals surface area contributed by atoms with Gasteiger partial charge >= 0.3 is 0 Å². The van der Waals surface area contributed by atoms with Gasteiger partial charge in [-0.2, -0.15) is 0 Å². The Morgan fingerprint density at radius 1 is 1.08 bits per heavy atom. The van der Waals surface area contributed by atoms with Gasteiger partial charge in [0.25, 0.3) is 0 Å². The topological polar surface area (TPSA) is 42.5 Å². The second-order valence-corrected chi connectivity index (χ2v) is 7.48. The standard InChI is InChI=1S/C21H29ClN2O2/c1-15(17-9-7-6-8-10-17)24-21(2,3)14-23-13-16-11-18(22)20(26-5)19(12-16)25-4/h6-12,15,23-24H,13-14H2,1-5H3. The minimum absolute atomic E-state index is 0.0599. The maximum absolute atomic E-state index is 6.27. The summed E-state index contributed by atoms with van der Waals surface area (Å²) in [6.07, 6.45) is 0. The second-order valence-electron chi connectivity index (χ2n) is 7.08. The van der Waals surface area contributed by atoms with Crippen LogP contribution in [0.15, 0.2) is 42.5 Å². The monoisotopic (exact) mass is 376 g/mol. The van der Waals surface area contributed by atoms with Gasteiger partial charge in [0, 0.05) is 24.7 Å². The molecule has 0 spiro atoms. The molecule has 142 valence electrons. The third kappa shape index (κ3) is 5.63. The van der Waals surface area contributed by atoms with Gasteiger partial charge in [-0.05, 0) is 44.0 Å². The Hall–Kier alpha value is -1.75. The summed E-state index contributed by atoms with van der Waals surface area (Å²) in [4.78, 5) is 0. The molecular formula is C21H29ClN2O2. The summed E-state index contributed by atoms with van der Waals surface area (Å²) in [7, 11) is 3.20. The normalized spacial score (nSPS) is 12.7. The van der Waals surface area contributed by atoms with Crippen LogP contribution in [-0.2, 0) is 6.54 Å². The van der Waals surface area contributed by atoms with Gasteiger partial charge in [0.1, 0.15) is 0 Å². The van der Waals surface area contributed by atoms with Crippen molar-refractivity contribution in [1.29, 1.82) is 0 Å². The van der Waals surface area contributed by atoms with E-state index < -0.39 is 0 Å². The van der Waals surface area contributed by atoms with E-state index in [2.05, 4.69) is 55.7 Å². The zero-order chi connectivity index (χ0) is 19.2. The summed E-state index contributed by atoms with van der Waals surface area (Å²) in [5.74, 6) is 1.21. The zero-order valence-electron chi connectivity index (χ0n) is 16.2. The number of hydrogen-bond acceptors (Lipinski definition) is 4. The predicted octanol–water partition coefficient (Wildman–Crippen LogP) is 4.58. The first-order valence-electron chi connectivity index (χ1n) is 8.80. The van der Waals surface area contributed by atoms with Crippen molar-refractivity contribution in [2.75, 3.05) is 20.8 Å². The minimum atomic E-state index is -0.0599. The minimum Gasteiger partial charge on any atom is -0.493 e. The van der Waals surface area contributed by atoms with Gasteiger partial charge < -0.3 is 20.1 Å². The molecule has 0 aliphatic carbocycles. The SMILES string of the molecule is COc1cc(CNCC(C)(C)NC(C)c2ccccc2)cc(Cl)c1OC. The fraction of sp³-hybridized carbons (Fsp3) is 0.429. The van der Waals surface area contributed by atoms with Crippen molar-refractivity contribution in [3.8, 4) is 11.5 Å². The molecule has 26 heavy (non-hydrogen) atoms. The molecular weight excluding hydrogens is 348 g/mol. The summed E-state index contributed by atoms with van der Waals surface area (Å²) < 4.78 is 10.6. The van der Waals surface area contributed by atoms with E-state index in [4.69, 9.17) is 21.1 Å². The Kier molecular flexibility index (Phi) is 7.33. The highest BCUT2D eigenvalue weighted by Crippen LogP contribution is 2.35. The van der Waals surface area contributed by atoms with E-state index in [9.17, 15) is 0 Å². The molecule has 0 saturated heterocycles. The van der Waals surface area contributed by atoms with Gasteiger partial charge in [-0.1, -0.05) is 41.9 Å². The largest absolute Gasteiger partial charge is 0.493 e. The molecule has 2 aromatic rings. The molecule has 5 heteroatoms. The van der Waals surface area contributed by atoms with Crippen LogP contribution in [0.5, 0.6) is 11.5 Å². The Morgan fingerprint density at radius 2 is 1.77 bits per heavy atom. The Bertz CT molecular complexity index is 705. The second kappa shape index (κ2) is 9.26. The fourth-order valence-corrected chi connectivity index (χ4v) is 3.37. The highest BCUT2D eigenvalue weighted by atomic mass is 35.5. The lowest BCUT2D eigenvalue weighted by Crippen LogP contribution is -2.48. The third-order valence-corrected chi connectivity index (χ3v) is 4.58. The number of halogens is 1. The molecule has 2 rings (SSSR count). The maximum atomic E-state index is 6.27. The molecule has 0 fully saturated rings. The average Bonchev–Trinajstić information content (AvgIpc) is 2.61. The number of benzene rings is 2. The van der Waals surface area contributed by atoms with Crippen LogP contribution in [0.1, 0.15) is 37.9 Å². The average molecular weight is 377 g/mol. The van der Waals surface area contributed by atoms with E-state index in [-0.39, 0.29) is 11.6 Å². The van der Waals surface area contributed by atoms with Crippen molar-refractivity contribution < 1.29 is 9.47 Å². The van der Waals surface area contributed by atoms with Crippen LogP contribution in [0.4, 0.5) is 0 Å². The van der Waals surface area contributed by atoms with Gasteiger partial charge in [-0.15, -0.1) is 0 Å². The van der Waals surface area contributed by atoms with Crippen molar-refractivity contribution in [3.05, 3.63) is 58.6 Å². The predicted molar refractivity (Wildman–Crippen MR) is 108 cm³/mol. The Labute approximate surface area is 161 Å². The molecule has 0 saturated carbocycles. The molecule has 2 N–H and O–H groups in total. The Morgan fingerprint density at radius 3 is 2.38 bits per heavy atom. The number of ether oxygens (including phenoxy) is 2. The van der Waals surface area contributed by atoms with Crippen LogP contribution >= 0.6 is 11.6 Å². The van der Waals surface area contributed by atoms with E-state index in [1.807, 2.05) is 18.2 Å². The highest BCUT2D eigenvalue weighted by Gasteiger charge is 2.20. The lowest BCUT2D eigenvalue weighted by Gasteiger charge is -2.31. The lowest BCUT2D eigenvalue weighted by atomic mass is 10.0. The van der Waals surface area contributed by atoms with Crippen LogP contribution in [0.25, 0.3) is 0 Å². The molecule has 0 aliphatic heterocycles. The van der Waals surface area contributed by atoms with Gasteiger partial charge in [0.2, 0.25) is 0 Å². The van der Waals surface area contributed by atoms with Gasteiger partial charge in [-0.3, -0.25) is 0 Å². The van der Waals surface area contributed by atoms with Crippen molar-refractivity contribution in [1.82, 2.24) is 10.6 Å². The van der Waals surface area contributed by atoms with E-state index in [0.717, 1.165) is 12.1 Å². The molecule has 0 aliphatic rings. The van der Waals surface area contributed by atoms with Crippen LogP contribution in [0, 0.1) is 0 Å². The summed E-state index contributed by atoms with van der Waals surface area (Å²) in [6.45, 7) is 8.09. The first-order chi connectivity index (χ1) is 12.4. The first kappa shape index (κ1) is 20.6. The molecule has 4 nitrogen and oxygen atoms in total. The van der Waals surface area contributed by atoms with E-state index in [1.54, 1.807) is 14.2 Å².